The van der Waals surface area contributed by atoms with Gasteiger partial charge < -0.3 is 5.32 Å². The van der Waals surface area contributed by atoms with E-state index in [0.717, 1.165) is 31.5 Å². The minimum atomic E-state index is -3.34. The van der Waals surface area contributed by atoms with Gasteiger partial charge in [-0.3, -0.25) is 4.72 Å². The Labute approximate surface area is 119 Å². The Balaban J connectivity index is 2.03. The number of halogens is 1. The van der Waals surface area contributed by atoms with Gasteiger partial charge in [-0.2, -0.15) is 0 Å². The lowest BCUT2D eigenvalue weighted by molar-refractivity contribution is 0.404. The van der Waals surface area contributed by atoms with Crippen molar-refractivity contribution in [2.75, 3.05) is 23.6 Å². The topological polar surface area (TPSA) is 58.2 Å². The fraction of sp³-hybridized carbons (Fsp3) is 0.538. The van der Waals surface area contributed by atoms with Crippen LogP contribution in [0, 0.1) is 12.8 Å². The molecule has 0 aromatic heterocycles. The van der Waals surface area contributed by atoms with Crippen LogP contribution in [0.5, 0.6) is 0 Å². The molecule has 1 aromatic carbocycles. The van der Waals surface area contributed by atoms with Gasteiger partial charge in [0.25, 0.3) is 0 Å². The first-order valence-electron chi connectivity index (χ1n) is 6.44. The minimum absolute atomic E-state index is 0.143. The molecule has 1 saturated heterocycles. The summed E-state index contributed by atoms with van der Waals surface area (Å²) in [4.78, 5) is 0. The van der Waals surface area contributed by atoms with E-state index < -0.39 is 10.0 Å². The van der Waals surface area contributed by atoms with Crippen molar-refractivity contribution in [2.24, 2.45) is 5.92 Å². The molecule has 0 bridgehead atoms. The van der Waals surface area contributed by atoms with E-state index in [2.05, 4.69) is 10.0 Å². The van der Waals surface area contributed by atoms with Gasteiger partial charge in [-0.05, 0) is 56.5 Å². The van der Waals surface area contributed by atoms with Gasteiger partial charge in [-0.15, -0.1) is 0 Å². The predicted octanol–water partition coefficient (Wildman–Crippen LogP) is 2.39. The molecular formula is C13H19ClN2O2S. The van der Waals surface area contributed by atoms with E-state index in [1.54, 1.807) is 12.1 Å². The quantitative estimate of drug-likeness (QED) is 0.898. The van der Waals surface area contributed by atoms with E-state index in [0.29, 0.717) is 10.7 Å². The van der Waals surface area contributed by atoms with Crippen LogP contribution in [0.4, 0.5) is 5.69 Å². The zero-order valence-electron chi connectivity index (χ0n) is 10.9. The number of benzene rings is 1. The summed E-state index contributed by atoms with van der Waals surface area (Å²) in [5.74, 6) is 0.319. The lowest BCUT2D eigenvalue weighted by atomic mass is 10.0. The van der Waals surface area contributed by atoms with Gasteiger partial charge >= 0.3 is 0 Å². The van der Waals surface area contributed by atoms with E-state index in [4.69, 9.17) is 11.6 Å². The van der Waals surface area contributed by atoms with Crippen molar-refractivity contribution in [1.29, 1.82) is 0 Å². The molecule has 6 heteroatoms. The van der Waals surface area contributed by atoms with Crippen LogP contribution < -0.4 is 10.0 Å². The summed E-state index contributed by atoms with van der Waals surface area (Å²) in [6.45, 7) is 3.66. The highest BCUT2D eigenvalue weighted by Crippen LogP contribution is 2.24. The molecule has 2 N–H and O–H groups in total. The van der Waals surface area contributed by atoms with Crippen LogP contribution in [0.2, 0.25) is 5.02 Å². The second kappa shape index (κ2) is 6.11. The van der Waals surface area contributed by atoms with E-state index in [-0.39, 0.29) is 11.7 Å². The molecule has 0 aliphatic carbocycles. The first-order chi connectivity index (χ1) is 8.96. The van der Waals surface area contributed by atoms with Gasteiger partial charge in [0.15, 0.2) is 0 Å². The normalized spacial score (nSPS) is 20.2. The standard InChI is InChI=1S/C13H19ClN2O2S/c1-10-4-5-13(12(14)7-10)16-19(17,18)9-11-3-2-6-15-8-11/h4-5,7,11,15-16H,2-3,6,8-9H2,1H3. The SMILES string of the molecule is Cc1ccc(NS(=O)(=O)CC2CCCNC2)c(Cl)c1. The summed E-state index contributed by atoms with van der Waals surface area (Å²) >= 11 is 6.04. The second-order valence-corrected chi connectivity index (χ2v) is 7.25. The molecule has 0 amide bonds. The summed E-state index contributed by atoms with van der Waals surface area (Å²) in [5, 5.41) is 3.66. The van der Waals surface area contributed by atoms with Crippen molar-refractivity contribution >= 4 is 27.3 Å². The van der Waals surface area contributed by atoms with Crippen molar-refractivity contribution in [3.63, 3.8) is 0 Å². The monoisotopic (exact) mass is 302 g/mol. The zero-order valence-corrected chi connectivity index (χ0v) is 12.5. The Morgan fingerprint density at radius 3 is 2.89 bits per heavy atom. The maximum absolute atomic E-state index is 12.1. The summed E-state index contributed by atoms with van der Waals surface area (Å²) in [5.41, 5.74) is 1.46. The highest BCUT2D eigenvalue weighted by atomic mass is 35.5. The van der Waals surface area contributed by atoms with Gasteiger partial charge in [0.2, 0.25) is 10.0 Å². The predicted molar refractivity (Wildman–Crippen MR) is 79.2 cm³/mol. The van der Waals surface area contributed by atoms with Gasteiger partial charge in [0.1, 0.15) is 0 Å². The molecule has 19 heavy (non-hydrogen) atoms. The molecule has 4 nitrogen and oxygen atoms in total. The fourth-order valence-corrected chi connectivity index (χ4v) is 4.13. The summed E-state index contributed by atoms with van der Waals surface area (Å²) in [6.07, 6.45) is 1.99. The maximum Gasteiger partial charge on any atom is 0.233 e. The first kappa shape index (κ1) is 14.6. The number of piperidine rings is 1. The van der Waals surface area contributed by atoms with Crippen LogP contribution >= 0.6 is 11.6 Å². The average Bonchev–Trinajstić information content (AvgIpc) is 2.33. The number of aryl methyl sites for hydroxylation is 1. The molecular weight excluding hydrogens is 284 g/mol. The lowest BCUT2D eigenvalue weighted by Crippen LogP contribution is -2.35. The molecule has 1 aromatic rings. The van der Waals surface area contributed by atoms with E-state index in [1.807, 2.05) is 13.0 Å². The number of rotatable bonds is 4. The number of hydrogen-bond donors (Lipinski definition) is 2. The third-order valence-corrected chi connectivity index (χ3v) is 5.00. The molecule has 0 spiro atoms. The Morgan fingerprint density at radius 1 is 1.47 bits per heavy atom. The van der Waals surface area contributed by atoms with Gasteiger partial charge in [-0.1, -0.05) is 17.7 Å². The molecule has 1 aliphatic rings. The molecule has 1 fully saturated rings. The lowest BCUT2D eigenvalue weighted by Gasteiger charge is -2.22. The smallest absolute Gasteiger partial charge is 0.233 e. The van der Waals surface area contributed by atoms with Gasteiger partial charge in [-0.25, -0.2) is 8.42 Å². The Morgan fingerprint density at radius 2 is 2.26 bits per heavy atom. The average molecular weight is 303 g/mol. The molecule has 2 rings (SSSR count). The first-order valence-corrected chi connectivity index (χ1v) is 8.47. The fourth-order valence-electron chi connectivity index (χ4n) is 2.29. The molecule has 0 saturated carbocycles. The largest absolute Gasteiger partial charge is 0.316 e. The summed E-state index contributed by atoms with van der Waals surface area (Å²) in [6, 6.07) is 5.29. The molecule has 1 unspecified atom stereocenters. The summed E-state index contributed by atoms with van der Waals surface area (Å²) in [7, 11) is -3.34. The zero-order chi connectivity index (χ0) is 13.9. The highest BCUT2D eigenvalue weighted by Gasteiger charge is 2.21. The van der Waals surface area contributed by atoms with E-state index in [1.165, 1.54) is 0 Å². The van der Waals surface area contributed by atoms with E-state index in [9.17, 15) is 8.42 Å². The van der Waals surface area contributed by atoms with Gasteiger partial charge in [0.05, 0.1) is 16.5 Å². The maximum atomic E-state index is 12.1. The molecule has 1 heterocycles. The van der Waals surface area contributed by atoms with Crippen LogP contribution in [0.15, 0.2) is 18.2 Å². The van der Waals surface area contributed by atoms with Crippen molar-refractivity contribution in [2.45, 2.75) is 19.8 Å². The molecule has 106 valence electrons. The van der Waals surface area contributed by atoms with Crippen LogP contribution in [0.25, 0.3) is 0 Å². The van der Waals surface area contributed by atoms with Gasteiger partial charge in [0, 0.05) is 0 Å². The third-order valence-electron chi connectivity index (χ3n) is 3.24. The Kier molecular flexibility index (Phi) is 4.71. The third kappa shape index (κ3) is 4.37. The summed E-state index contributed by atoms with van der Waals surface area (Å²) < 4.78 is 26.8. The van der Waals surface area contributed by atoms with Crippen molar-refractivity contribution in [1.82, 2.24) is 5.32 Å². The molecule has 0 radical (unpaired) electrons. The second-order valence-electron chi connectivity index (χ2n) is 5.08. The highest BCUT2D eigenvalue weighted by molar-refractivity contribution is 7.92. The number of anilines is 1. The number of hydrogen-bond acceptors (Lipinski definition) is 3. The minimum Gasteiger partial charge on any atom is -0.316 e. The molecule has 1 atom stereocenters. The number of nitrogens with one attached hydrogen (secondary N) is 2. The van der Waals surface area contributed by atoms with Crippen LogP contribution in [0.3, 0.4) is 0 Å². The molecule has 1 aliphatic heterocycles. The van der Waals surface area contributed by atoms with Crippen LogP contribution in [-0.4, -0.2) is 27.3 Å². The van der Waals surface area contributed by atoms with Crippen LogP contribution in [-0.2, 0) is 10.0 Å². The Bertz CT molecular complexity index is 540. The van der Waals surface area contributed by atoms with Crippen LogP contribution in [0.1, 0.15) is 18.4 Å². The van der Waals surface area contributed by atoms with Crippen molar-refractivity contribution < 1.29 is 8.42 Å². The van der Waals surface area contributed by atoms with Crippen molar-refractivity contribution in [3.05, 3.63) is 28.8 Å². The van der Waals surface area contributed by atoms with E-state index >= 15 is 0 Å². The number of sulfonamides is 1. The Hall–Kier alpha value is -0.780. The van der Waals surface area contributed by atoms with Crippen molar-refractivity contribution in [3.8, 4) is 0 Å².